The van der Waals surface area contributed by atoms with Crippen LogP contribution in [0.1, 0.15) is 5.56 Å². The minimum absolute atomic E-state index is 0.209. The summed E-state index contributed by atoms with van der Waals surface area (Å²) in [4.78, 5) is 13.4. The summed E-state index contributed by atoms with van der Waals surface area (Å²) in [6.07, 6.45) is 5.19. The monoisotopic (exact) mass is 331 g/mol. The minimum Gasteiger partial charge on any atom is -0.507 e. The number of aromatic nitrogens is 2. The molecule has 5 heteroatoms. The summed E-state index contributed by atoms with van der Waals surface area (Å²) in [7, 11) is 1.00. The molecular formula is C20H17N3O2. The van der Waals surface area contributed by atoms with Crippen LogP contribution < -0.4 is 0 Å². The molecule has 0 saturated heterocycles. The molecular weight excluding hydrogens is 314 g/mol. The summed E-state index contributed by atoms with van der Waals surface area (Å²) in [5, 5.41) is 18.8. The predicted molar refractivity (Wildman–Crippen MR) is 101 cm³/mol. The Morgan fingerprint density at radius 3 is 2.40 bits per heavy atom. The van der Waals surface area contributed by atoms with Crippen molar-refractivity contribution in [1.82, 2.24) is 9.97 Å². The van der Waals surface area contributed by atoms with Gasteiger partial charge < -0.3 is 10.2 Å². The Hall–Kier alpha value is -3.31. The van der Waals surface area contributed by atoms with E-state index in [4.69, 9.17) is 5.11 Å². The van der Waals surface area contributed by atoms with E-state index in [0.717, 1.165) is 34.6 Å². The molecule has 0 aliphatic heterocycles. The second-order valence-electron chi connectivity index (χ2n) is 5.19. The van der Waals surface area contributed by atoms with Crippen molar-refractivity contribution in [2.45, 2.75) is 0 Å². The van der Waals surface area contributed by atoms with E-state index in [1.54, 1.807) is 30.7 Å². The van der Waals surface area contributed by atoms with Crippen molar-refractivity contribution < 1.29 is 10.2 Å². The van der Waals surface area contributed by atoms with E-state index in [2.05, 4.69) is 15.0 Å². The number of aliphatic imine (C=N–C) groups is 1. The van der Waals surface area contributed by atoms with Gasteiger partial charge in [0.05, 0.1) is 16.7 Å². The van der Waals surface area contributed by atoms with Gasteiger partial charge in [0.2, 0.25) is 0 Å². The minimum atomic E-state index is 0.209. The van der Waals surface area contributed by atoms with Crippen molar-refractivity contribution in [3.8, 4) is 5.75 Å². The van der Waals surface area contributed by atoms with Crippen molar-refractivity contribution in [2.75, 3.05) is 7.11 Å². The molecule has 0 radical (unpaired) electrons. The fraction of sp³-hybridized carbons (Fsp3) is 0.0500. The highest BCUT2D eigenvalue weighted by atomic mass is 16.3. The predicted octanol–water partition coefficient (Wildman–Crippen LogP) is 3.85. The van der Waals surface area contributed by atoms with E-state index in [0.29, 0.717) is 5.56 Å². The average molecular weight is 331 g/mol. The van der Waals surface area contributed by atoms with Crippen LogP contribution in [0.5, 0.6) is 5.75 Å². The van der Waals surface area contributed by atoms with E-state index in [1.165, 1.54) is 0 Å². The zero-order valence-electron chi connectivity index (χ0n) is 13.7. The number of hydrogen-bond donors (Lipinski definition) is 2. The Morgan fingerprint density at radius 2 is 1.60 bits per heavy atom. The third-order valence-electron chi connectivity index (χ3n) is 3.72. The number of aromatic hydroxyl groups is 1. The number of phenolic OH excluding ortho intramolecular Hbond substituents is 1. The second kappa shape index (κ2) is 7.51. The maximum Gasteiger partial charge on any atom is 0.124 e. The number of para-hydroxylation sites is 1. The Labute approximate surface area is 145 Å². The molecule has 124 valence electrons. The molecule has 0 amide bonds. The Kier molecular flexibility index (Phi) is 4.97. The number of fused-ring (bicyclic) bond motifs is 3. The summed E-state index contributed by atoms with van der Waals surface area (Å²) in [6, 6.07) is 16.9. The molecule has 0 unspecified atom stereocenters. The normalized spacial score (nSPS) is 10.8. The van der Waals surface area contributed by atoms with Crippen LogP contribution in [0.25, 0.3) is 21.8 Å². The van der Waals surface area contributed by atoms with Gasteiger partial charge in [0.1, 0.15) is 5.75 Å². The van der Waals surface area contributed by atoms with Crippen molar-refractivity contribution >= 4 is 33.7 Å². The standard InChI is InChI=1S/C19H13N3O.CH4O/c23-17-8-2-1-5-14(17)12-22-16-11-13-6-3-9-20-18(13)19-15(16)7-4-10-21-19;1-2/h1-12,23H;2H,1H3. The molecule has 0 aliphatic carbocycles. The molecule has 0 atom stereocenters. The fourth-order valence-electron chi connectivity index (χ4n) is 2.60. The molecule has 4 aromatic rings. The molecule has 4 rings (SSSR count). The molecule has 0 saturated carbocycles. The highest BCUT2D eigenvalue weighted by Crippen LogP contribution is 2.31. The molecule has 0 aliphatic rings. The van der Waals surface area contributed by atoms with Crippen LogP contribution in [-0.4, -0.2) is 33.5 Å². The summed E-state index contributed by atoms with van der Waals surface area (Å²) in [5.74, 6) is 0.209. The first-order valence-corrected chi connectivity index (χ1v) is 7.72. The maximum atomic E-state index is 9.86. The van der Waals surface area contributed by atoms with Crippen LogP contribution in [0.4, 0.5) is 5.69 Å². The van der Waals surface area contributed by atoms with Crippen LogP contribution in [0.15, 0.2) is 72.0 Å². The molecule has 2 aromatic carbocycles. The number of aliphatic hydroxyl groups is 1. The third kappa shape index (κ3) is 3.32. The molecule has 2 aromatic heterocycles. The van der Waals surface area contributed by atoms with E-state index in [1.807, 2.05) is 42.5 Å². The van der Waals surface area contributed by atoms with Gasteiger partial charge in [-0.15, -0.1) is 0 Å². The van der Waals surface area contributed by atoms with Gasteiger partial charge in [-0.1, -0.05) is 18.2 Å². The molecule has 0 spiro atoms. The zero-order chi connectivity index (χ0) is 17.6. The van der Waals surface area contributed by atoms with Gasteiger partial charge in [0.15, 0.2) is 0 Å². The van der Waals surface area contributed by atoms with Gasteiger partial charge in [0, 0.05) is 42.1 Å². The van der Waals surface area contributed by atoms with Gasteiger partial charge in [-0.2, -0.15) is 0 Å². The van der Waals surface area contributed by atoms with Gasteiger partial charge in [0.25, 0.3) is 0 Å². The molecule has 25 heavy (non-hydrogen) atoms. The summed E-state index contributed by atoms with van der Waals surface area (Å²) < 4.78 is 0. The highest BCUT2D eigenvalue weighted by molar-refractivity contribution is 6.09. The van der Waals surface area contributed by atoms with E-state index in [-0.39, 0.29) is 5.75 Å². The smallest absolute Gasteiger partial charge is 0.124 e. The average Bonchev–Trinajstić information content (AvgIpc) is 2.69. The number of phenols is 1. The first kappa shape index (κ1) is 16.5. The maximum absolute atomic E-state index is 9.86. The fourth-order valence-corrected chi connectivity index (χ4v) is 2.60. The number of benzene rings is 2. The second-order valence-corrected chi connectivity index (χ2v) is 5.19. The van der Waals surface area contributed by atoms with Gasteiger partial charge >= 0.3 is 0 Å². The first-order chi connectivity index (χ1) is 12.3. The lowest BCUT2D eigenvalue weighted by molar-refractivity contribution is 0.399. The van der Waals surface area contributed by atoms with Crippen LogP contribution in [-0.2, 0) is 0 Å². The van der Waals surface area contributed by atoms with Crippen LogP contribution >= 0.6 is 0 Å². The summed E-state index contributed by atoms with van der Waals surface area (Å²) in [6.45, 7) is 0. The Bertz CT molecular complexity index is 1050. The molecule has 0 fully saturated rings. The van der Waals surface area contributed by atoms with Crippen molar-refractivity contribution in [1.29, 1.82) is 0 Å². The third-order valence-corrected chi connectivity index (χ3v) is 3.72. The summed E-state index contributed by atoms with van der Waals surface area (Å²) >= 11 is 0. The lowest BCUT2D eigenvalue weighted by Crippen LogP contribution is -1.86. The van der Waals surface area contributed by atoms with Crippen LogP contribution in [0, 0.1) is 0 Å². The Morgan fingerprint density at radius 1 is 0.880 bits per heavy atom. The van der Waals surface area contributed by atoms with E-state index < -0.39 is 0 Å². The highest BCUT2D eigenvalue weighted by Gasteiger charge is 2.07. The molecule has 2 heterocycles. The van der Waals surface area contributed by atoms with Crippen LogP contribution in [0.2, 0.25) is 0 Å². The van der Waals surface area contributed by atoms with Gasteiger partial charge in [-0.25, -0.2) is 0 Å². The number of aliphatic hydroxyl groups excluding tert-OH is 1. The summed E-state index contributed by atoms with van der Waals surface area (Å²) in [5.41, 5.74) is 3.17. The number of hydrogen-bond acceptors (Lipinski definition) is 5. The lowest BCUT2D eigenvalue weighted by Gasteiger charge is -2.05. The van der Waals surface area contributed by atoms with Gasteiger partial charge in [-0.05, 0) is 36.4 Å². The Balaban J connectivity index is 0.000000880. The largest absolute Gasteiger partial charge is 0.507 e. The van der Waals surface area contributed by atoms with Crippen molar-refractivity contribution in [2.24, 2.45) is 4.99 Å². The van der Waals surface area contributed by atoms with Crippen molar-refractivity contribution in [3.63, 3.8) is 0 Å². The van der Waals surface area contributed by atoms with Gasteiger partial charge in [-0.3, -0.25) is 15.0 Å². The van der Waals surface area contributed by atoms with Crippen molar-refractivity contribution in [3.05, 3.63) is 72.6 Å². The zero-order valence-corrected chi connectivity index (χ0v) is 13.7. The SMILES string of the molecule is CO.Oc1ccccc1C=Nc1cc2cccnc2c2ncccc12. The number of rotatable bonds is 2. The number of pyridine rings is 2. The molecule has 2 N–H and O–H groups in total. The topological polar surface area (TPSA) is 78.6 Å². The van der Waals surface area contributed by atoms with Crippen LogP contribution in [0.3, 0.4) is 0 Å². The molecule has 0 bridgehead atoms. The van der Waals surface area contributed by atoms with E-state index >= 15 is 0 Å². The first-order valence-electron chi connectivity index (χ1n) is 7.72. The number of nitrogens with zero attached hydrogens (tertiary/aromatic N) is 3. The molecule has 5 nitrogen and oxygen atoms in total. The quantitative estimate of drug-likeness (QED) is 0.432. The van der Waals surface area contributed by atoms with E-state index in [9.17, 15) is 5.11 Å². The lowest BCUT2D eigenvalue weighted by atomic mass is 10.1.